The van der Waals surface area contributed by atoms with Gasteiger partial charge in [0.25, 0.3) is 0 Å². The average molecular weight is 290 g/mol. The molecule has 1 saturated carbocycles. The molecular formula is C15H22N4O2. The lowest BCUT2D eigenvalue weighted by atomic mass is 10.1. The number of nitrogens with zero attached hydrogens (tertiary/aromatic N) is 3. The van der Waals surface area contributed by atoms with Gasteiger partial charge >= 0.3 is 0 Å². The van der Waals surface area contributed by atoms with Crippen LogP contribution in [0.1, 0.15) is 38.1 Å². The molecule has 114 valence electrons. The van der Waals surface area contributed by atoms with Gasteiger partial charge in [-0.3, -0.25) is 14.3 Å². The predicted octanol–water partition coefficient (Wildman–Crippen LogP) is 0.702. The highest BCUT2D eigenvalue weighted by molar-refractivity contribution is 5.95. The lowest BCUT2D eigenvalue weighted by Crippen LogP contribution is -2.58. The molecule has 0 radical (unpaired) electrons. The number of nitrogens with one attached hydrogen (secondary N) is 1. The van der Waals surface area contributed by atoms with E-state index in [0.29, 0.717) is 12.5 Å². The highest BCUT2D eigenvalue weighted by Crippen LogP contribution is 2.34. The van der Waals surface area contributed by atoms with Crippen LogP contribution in [-0.2, 0) is 29.1 Å². The highest BCUT2D eigenvalue weighted by Gasteiger charge is 2.42. The fraction of sp³-hybridized carbons (Fsp3) is 0.667. The fourth-order valence-corrected chi connectivity index (χ4v) is 2.90. The minimum Gasteiger partial charge on any atom is -0.342 e. The van der Waals surface area contributed by atoms with Gasteiger partial charge in [-0.05, 0) is 38.2 Å². The summed E-state index contributed by atoms with van der Waals surface area (Å²) in [5.41, 5.74) is 2.03. The molecule has 1 saturated heterocycles. The Kier molecular flexibility index (Phi) is 3.69. The summed E-state index contributed by atoms with van der Waals surface area (Å²) in [6, 6.07) is 1.73. The Morgan fingerprint density at radius 3 is 2.71 bits per heavy atom. The van der Waals surface area contributed by atoms with Crippen molar-refractivity contribution in [2.45, 2.75) is 52.2 Å². The van der Waals surface area contributed by atoms with Crippen LogP contribution in [0.4, 0.5) is 0 Å². The SMILES string of the molecule is CCc1cc(CN2CC(=O)NC(C3CC3)C2=O)n(CC)n1. The molecule has 2 fully saturated rings. The lowest BCUT2D eigenvalue weighted by Gasteiger charge is -2.32. The zero-order valence-electron chi connectivity index (χ0n) is 12.6. The van der Waals surface area contributed by atoms with Crippen LogP contribution in [0.5, 0.6) is 0 Å². The first-order chi connectivity index (χ1) is 10.1. The van der Waals surface area contributed by atoms with Crippen LogP contribution < -0.4 is 5.32 Å². The number of carbonyl (C=O) groups is 2. The zero-order chi connectivity index (χ0) is 15.0. The van der Waals surface area contributed by atoms with Gasteiger partial charge in [0, 0.05) is 6.54 Å². The quantitative estimate of drug-likeness (QED) is 0.868. The smallest absolute Gasteiger partial charge is 0.246 e. The normalized spacial score (nSPS) is 22.6. The van der Waals surface area contributed by atoms with Crippen molar-refractivity contribution in [1.82, 2.24) is 20.0 Å². The molecule has 2 amide bonds. The topological polar surface area (TPSA) is 67.2 Å². The minimum absolute atomic E-state index is 0.0511. The van der Waals surface area contributed by atoms with E-state index in [1.54, 1.807) is 4.90 Å². The molecule has 6 nitrogen and oxygen atoms in total. The second-order valence-corrected chi connectivity index (χ2v) is 5.87. The number of hydrogen-bond acceptors (Lipinski definition) is 3. The summed E-state index contributed by atoms with van der Waals surface area (Å²) < 4.78 is 1.92. The highest BCUT2D eigenvalue weighted by atomic mass is 16.2. The molecule has 1 aromatic heterocycles. The number of aromatic nitrogens is 2. The van der Waals surface area contributed by atoms with Crippen LogP contribution in [0, 0.1) is 5.92 Å². The fourth-order valence-electron chi connectivity index (χ4n) is 2.90. The van der Waals surface area contributed by atoms with Gasteiger partial charge in [-0.2, -0.15) is 5.10 Å². The van der Waals surface area contributed by atoms with E-state index in [4.69, 9.17) is 0 Å². The Morgan fingerprint density at radius 2 is 2.10 bits per heavy atom. The molecule has 3 rings (SSSR count). The predicted molar refractivity (Wildman–Crippen MR) is 77.4 cm³/mol. The van der Waals surface area contributed by atoms with E-state index in [0.717, 1.165) is 37.2 Å². The molecular weight excluding hydrogens is 268 g/mol. The molecule has 1 aliphatic carbocycles. The number of piperazine rings is 1. The molecule has 2 aliphatic rings. The molecule has 1 atom stereocenters. The van der Waals surface area contributed by atoms with E-state index in [1.165, 1.54) is 0 Å². The number of aryl methyl sites for hydroxylation is 2. The van der Waals surface area contributed by atoms with Gasteiger partial charge in [-0.1, -0.05) is 6.92 Å². The van der Waals surface area contributed by atoms with Crippen molar-refractivity contribution < 1.29 is 9.59 Å². The first kappa shape index (κ1) is 14.1. The lowest BCUT2D eigenvalue weighted by molar-refractivity contribution is -0.145. The maximum Gasteiger partial charge on any atom is 0.246 e. The van der Waals surface area contributed by atoms with Crippen LogP contribution in [0.2, 0.25) is 0 Å². The van der Waals surface area contributed by atoms with Crippen molar-refractivity contribution in [2.24, 2.45) is 5.92 Å². The molecule has 0 bridgehead atoms. The second-order valence-electron chi connectivity index (χ2n) is 5.87. The first-order valence-electron chi connectivity index (χ1n) is 7.76. The first-order valence-corrected chi connectivity index (χ1v) is 7.76. The van der Waals surface area contributed by atoms with E-state index in [-0.39, 0.29) is 24.4 Å². The van der Waals surface area contributed by atoms with Crippen molar-refractivity contribution in [3.63, 3.8) is 0 Å². The van der Waals surface area contributed by atoms with Crippen molar-refractivity contribution in [1.29, 1.82) is 0 Å². The van der Waals surface area contributed by atoms with Crippen molar-refractivity contribution in [2.75, 3.05) is 6.54 Å². The third-order valence-electron chi connectivity index (χ3n) is 4.25. The number of carbonyl (C=O) groups excluding carboxylic acids is 2. The minimum atomic E-state index is -0.310. The second kappa shape index (κ2) is 5.50. The zero-order valence-corrected chi connectivity index (χ0v) is 12.6. The van der Waals surface area contributed by atoms with Crippen LogP contribution in [-0.4, -0.2) is 39.1 Å². The van der Waals surface area contributed by atoms with Gasteiger partial charge in [-0.25, -0.2) is 0 Å². The van der Waals surface area contributed by atoms with E-state index >= 15 is 0 Å². The van der Waals surface area contributed by atoms with Crippen molar-refractivity contribution in [3.05, 3.63) is 17.5 Å². The summed E-state index contributed by atoms with van der Waals surface area (Å²) in [6.45, 7) is 5.49. The van der Waals surface area contributed by atoms with E-state index in [1.807, 2.05) is 17.7 Å². The third-order valence-corrected chi connectivity index (χ3v) is 4.25. The summed E-state index contributed by atoms with van der Waals surface area (Å²) in [5, 5.41) is 7.34. The Labute approximate surface area is 124 Å². The number of hydrogen-bond donors (Lipinski definition) is 1. The summed E-state index contributed by atoms with van der Waals surface area (Å²) in [4.78, 5) is 26.0. The Morgan fingerprint density at radius 1 is 1.33 bits per heavy atom. The maximum atomic E-state index is 12.5. The molecule has 2 heterocycles. The van der Waals surface area contributed by atoms with Crippen molar-refractivity contribution >= 4 is 11.8 Å². The van der Waals surface area contributed by atoms with Crippen LogP contribution in [0.15, 0.2) is 6.07 Å². The monoisotopic (exact) mass is 290 g/mol. The summed E-state index contributed by atoms with van der Waals surface area (Å²) >= 11 is 0. The summed E-state index contributed by atoms with van der Waals surface area (Å²) in [5.74, 6) is 0.343. The number of amides is 2. The van der Waals surface area contributed by atoms with Crippen LogP contribution in [0.3, 0.4) is 0 Å². The number of rotatable bonds is 5. The van der Waals surface area contributed by atoms with Gasteiger partial charge in [-0.15, -0.1) is 0 Å². The van der Waals surface area contributed by atoms with E-state index in [9.17, 15) is 9.59 Å². The van der Waals surface area contributed by atoms with E-state index in [2.05, 4.69) is 17.3 Å². The molecule has 1 N–H and O–H groups in total. The Hall–Kier alpha value is -1.85. The van der Waals surface area contributed by atoms with E-state index < -0.39 is 0 Å². The molecule has 0 spiro atoms. The molecule has 1 unspecified atom stereocenters. The summed E-state index contributed by atoms with van der Waals surface area (Å²) in [7, 11) is 0. The largest absolute Gasteiger partial charge is 0.342 e. The van der Waals surface area contributed by atoms with Gasteiger partial charge in [0.2, 0.25) is 11.8 Å². The van der Waals surface area contributed by atoms with Crippen LogP contribution >= 0.6 is 0 Å². The van der Waals surface area contributed by atoms with Gasteiger partial charge in [0.1, 0.15) is 12.6 Å². The van der Waals surface area contributed by atoms with Gasteiger partial charge < -0.3 is 10.2 Å². The standard InChI is InChI=1S/C15H22N4O2/c1-3-11-7-12(19(4-2)17-11)8-18-9-13(20)16-14(15(18)21)10-5-6-10/h7,10,14H,3-6,8-9H2,1-2H3,(H,16,20). The van der Waals surface area contributed by atoms with Crippen LogP contribution in [0.25, 0.3) is 0 Å². The Balaban J connectivity index is 1.77. The maximum absolute atomic E-state index is 12.5. The molecule has 0 aromatic carbocycles. The third kappa shape index (κ3) is 2.80. The van der Waals surface area contributed by atoms with Gasteiger partial charge in [0.15, 0.2) is 0 Å². The van der Waals surface area contributed by atoms with Gasteiger partial charge in [0.05, 0.1) is 17.9 Å². The van der Waals surface area contributed by atoms with Crippen molar-refractivity contribution in [3.8, 4) is 0 Å². The molecule has 1 aromatic rings. The molecule has 1 aliphatic heterocycles. The molecule has 6 heteroatoms. The average Bonchev–Trinajstić information content (AvgIpc) is 3.23. The Bertz CT molecular complexity index is 562. The summed E-state index contributed by atoms with van der Waals surface area (Å²) in [6.07, 6.45) is 2.95. The molecule has 21 heavy (non-hydrogen) atoms.